The molecule has 0 saturated carbocycles. The van der Waals surface area contributed by atoms with Crippen LogP contribution in [0.2, 0.25) is 5.02 Å². The van der Waals surface area contributed by atoms with E-state index in [1.807, 2.05) is 0 Å². The molecule has 1 aromatic carbocycles. The van der Waals surface area contributed by atoms with Gasteiger partial charge in [0.05, 0.1) is 35.3 Å². The van der Waals surface area contributed by atoms with E-state index in [9.17, 15) is 9.59 Å². The van der Waals surface area contributed by atoms with Crippen molar-refractivity contribution in [1.82, 2.24) is 10.3 Å². The number of esters is 1. The highest BCUT2D eigenvalue weighted by Gasteiger charge is 2.10. The highest BCUT2D eigenvalue weighted by molar-refractivity contribution is 6.33. The summed E-state index contributed by atoms with van der Waals surface area (Å²) in [5.41, 5.74) is 1.92. The summed E-state index contributed by atoms with van der Waals surface area (Å²) in [4.78, 5) is 27.7. The molecule has 1 amide bonds. The number of ether oxygens (including phenoxy) is 1. The zero-order chi connectivity index (χ0) is 18.2. The number of carbonyl (C=O) groups is 2. The van der Waals surface area contributed by atoms with Gasteiger partial charge in [0, 0.05) is 6.54 Å². The van der Waals surface area contributed by atoms with E-state index in [0.717, 1.165) is 12.8 Å². The minimum atomic E-state index is -0.447. The predicted octanol–water partition coefficient (Wildman–Crippen LogP) is 3.80. The van der Waals surface area contributed by atoms with Gasteiger partial charge in [0.15, 0.2) is 0 Å². The number of halogens is 1. The summed E-state index contributed by atoms with van der Waals surface area (Å²) < 4.78 is 4.70. The van der Waals surface area contributed by atoms with Crippen LogP contribution >= 0.6 is 11.6 Å². The van der Waals surface area contributed by atoms with Crippen LogP contribution in [0.3, 0.4) is 0 Å². The predicted molar refractivity (Wildman–Crippen MR) is 97.6 cm³/mol. The maximum Gasteiger partial charge on any atom is 0.337 e. The SMILES string of the molecule is CCCCNC(=O)c1ccc(Nc2cc(C(=O)OC)ccc2Cl)cn1. The summed E-state index contributed by atoms with van der Waals surface area (Å²) in [6, 6.07) is 8.14. The summed E-state index contributed by atoms with van der Waals surface area (Å²) in [6.07, 6.45) is 3.48. The van der Waals surface area contributed by atoms with Crippen molar-refractivity contribution in [2.24, 2.45) is 0 Å². The molecule has 2 N–H and O–H groups in total. The number of amides is 1. The van der Waals surface area contributed by atoms with E-state index in [2.05, 4.69) is 22.5 Å². The molecule has 132 valence electrons. The van der Waals surface area contributed by atoms with Crippen LogP contribution < -0.4 is 10.6 Å². The van der Waals surface area contributed by atoms with Crippen molar-refractivity contribution < 1.29 is 14.3 Å². The summed E-state index contributed by atoms with van der Waals surface area (Å²) >= 11 is 6.15. The Labute approximate surface area is 151 Å². The van der Waals surface area contributed by atoms with Crippen LogP contribution in [0.15, 0.2) is 36.5 Å². The molecule has 0 aliphatic heterocycles. The molecule has 1 heterocycles. The fourth-order valence-corrected chi connectivity index (χ4v) is 2.26. The lowest BCUT2D eigenvalue weighted by Gasteiger charge is -2.10. The molecular formula is C18H20ClN3O3. The van der Waals surface area contributed by atoms with E-state index in [-0.39, 0.29) is 5.91 Å². The molecule has 0 saturated heterocycles. The first-order valence-electron chi connectivity index (χ1n) is 7.94. The average Bonchev–Trinajstić information content (AvgIpc) is 2.63. The number of carbonyl (C=O) groups excluding carboxylic acids is 2. The van der Waals surface area contributed by atoms with Crippen molar-refractivity contribution in [3.63, 3.8) is 0 Å². The third-order valence-electron chi connectivity index (χ3n) is 3.48. The Kier molecular flexibility index (Phi) is 6.77. The highest BCUT2D eigenvalue weighted by atomic mass is 35.5. The lowest BCUT2D eigenvalue weighted by atomic mass is 10.2. The van der Waals surface area contributed by atoms with Crippen LogP contribution in [0.5, 0.6) is 0 Å². The molecule has 7 heteroatoms. The number of anilines is 2. The molecule has 0 unspecified atom stereocenters. The highest BCUT2D eigenvalue weighted by Crippen LogP contribution is 2.26. The Bertz CT molecular complexity index is 748. The molecule has 0 radical (unpaired) electrons. The molecule has 6 nitrogen and oxygen atoms in total. The van der Waals surface area contributed by atoms with Gasteiger partial charge in [-0.1, -0.05) is 24.9 Å². The first-order chi connectivity index (χ1) is 12.0. The maximum atomic E-state index is 11.9. The van der Waals surface area contributed by atoms with Gasteiger partial charge in [0.25, 0.3) is 5.91 Å². The Morgan fingerprint density at radius 1 is 1.24 bits per heavy atom. The molecule has 0 atom stereocenters. The number of aromatic nitrogens is 1. The van der Waals surface area contributed by atoms with Crippen LogP contribution in [-0.2, 0) is 4.74 Å². The van der Waals surface area contributed by atoms with Gasteiger partial charge in [-0.3, -0.25) is 4.79 Å². The van der Waals surface area contributed by atoms with Gasteiger partial charge in [0.1, 0.15) is 5.69 Å². The Balaban J connectivity index is 2.08. The number of hydrogen-bond acceptors (Lipinski definition) is 5. The molecule has 0 spiro atoms. The van der Waals surface area contributed by atoms with E-state index in [1.165, 1.54) is 13.3 Å². The second kappa shape index (κ2) is 9.03. The van der Waals surface area contributed by atoms with Crippen LogP contribution in [0.4, 0.5) is 11.4 Å². The zero-order valence-corrected chi connectivity index (χ0v) is 14.9. The van der Waals surface area contributed by atoms with Gasteiger partial charge in [-0.05, 0) is 36.8 Å². The molecule has 0 fully saturated rings. The fraction of sp³-hybridized carbons (Fsp3) is 0.278. The number of unbranched alkanes of at least 4 members (excludes halogenated alkanes) is 1. The maximum absolute atomic E-state index is 11.9. The van der Waals surface area contributed by atoms with Crippen molar-refractivity contribution in [1.29, 1.82) is 0 Å². The van der Waals surface area contributed by atoms with Crippen molar-refractivity contribution in [2.75, 3.05) is 19.0 Å². The summed E-state index contributed by atoms with van der Waals surface area (Å²) in [5.74, 6) is -0.650. The molecule has 2 aromatic rings. The molecular weight excluding hydrogens is 342 g/mol. The fourth-order valence-electron chi connectivity index (χ4n) is 2.09. The summed E-state index contributed by atoms with van der Waals surface area (Å²) in [6.45, 7) is 2.69. The number of pyridine rings is 1. The van der Waals surface area contributed by atoms with Crippen molar-refractivity contribution in [2.45, 2.75) is 19.8 Å². The number of rotatable bonds is 7. The molecule has 1 aromatic heterocycles. The second-order valence-electron chi connectivity index (χ2n) is 5.35. The van der Waals surface area contributed by atoms with E-state index < -0.39 is 5.97 Å². The van der Waals surface area contributed by atoms with E-state index in [4.69, 9.17) is 16.3 Å². The normalized spacial score (nSPS) is 10.2. The first kappa shape index (κ1) is 18.7. The van der Waals surface area contributed by atoms with Crippen LogP contribution in [-0.4, -0.2) is 30.5 Å². The van der Waals surface area contributed by atoms with Gasteiger partial charge in [-0.25, -0.2) is 9.78 Å². The minimum Gasteiger partial charge on any atom is -0.465 e. The van der Waals surface area contributed by atoms with Gasteiger partial charge in [-0.15, -0.1) is 0 Å². The van der Waals surface area contributed by atoms with E-state index in [1.54, 1.807) is 30.3 Å². The van der Waals surface area contributed by atoms with Crippen molar-refractivity contribution in [3.05, 3.63) is 52.8 Å². The lowest BCUT2D eigenvalue weighted by Crippen LogP contribution is -2.25. The quantitative estimate of drug-likeness (QED) is 0.579. The zero-order valence-electron chi connectivity index (χ0n) is 14.1. The van der Waals surface area contributed by atoms with Crippen LogP contribution in [0.1, 0.15) is 40.6 Å². The molecule has 0 aliphatic carbocycles. The number of hydrogen-bond donors (Lipinski definition) is 2. The lowest BCUT2D eigenvalue weighted by molar-refractivity contribution is 0.0600. The van der Waals surface area contributed by atoms with Crippen LogP contribution in [0.25, 0.3) is 0 Å². The van der Waals surface area contributed by atoms with Gasteiger partial charge in [0.2, 0.25) is 0 Å². The Morgan fingerprint density at radius 2 is 2.04 bits per heavy atom. The van der Waals surface area contributed by atoms with Gasteiger partial charge >= 0.3 is 5.97 Å². The number of nitrogens with one attached hydrogen (secondary N) is 2. The number of benzene rings is 1. The molecule has 2 rings (SSSR count). The molecule has 25 heavy (non-hydrogen) atoms. The third kappa shape index (κ3) is 5.19. The smallest absolute Gasteiger partial charge is 0.337 e. The average molecular weight is 362 g/mol. The van der Waals surface area contributed by atoms with Gasteiger partial charge in [-0.2, -0.15) is 0 Å². The second-order valence-corrected chi connectivity index (χ2v) is 5.76. The standard InChI is InChI=1S/C18H20ClN3O3/c1-3-4-9-20-17(23)15-8-6-13(11-21-15)22-16-10-12(18(24)25-2)5-7-14(16)19/h5-8,10-11,22H,3-4,9H2,1-2H3,(H,20,23). The van der Waals surface area contributed by atoms with E-state index in [0.29, 0.717) is 34.2 Å². The van der Waals surface area contributed by atoms with Crippen molar-refractivity contribution in [3.8, 4) is 0 Å². The monoisotopic (exact) mass is 361 g/mol. The third-order valence-corrected chi connectivity index (χ3v) is 3.81. The van der Waals surface area contributed by atoms with Gasteiger partial charge < -0.3 is 15.4 Å². The Morgan fingerprint density at radius 3 is 2.68 bits per heavy atom. The molecule has 0 aliphatic rings. The molecule has 0 bridgehead atoms. The van der Waals surface area contributed by atoms with Crippen molar-refractivity contribution >= 4 is 34.9 Å². The Hall–Kier alpha value is -2.60. The summed E-state index contributed by atoms with van der Waals surface area (Å²) in [5, 5.41) is 6.34. The van der Waals surface area contributed by atoms with Crippen LogP contribution in [0, 0.1) is 0 Å². The topological polar surface area (TPSA) is 80.3 Å². The number of nitrogens with zero attached hydrogens (tertiary/aromatic N) is 1. The minimum absolute atomic E-state index is 0.203. The number of methoxy groups -OCH3 is 1. The first-order valence-corrected chi connectivity index (χ1v) is 8.32. The van der Waals surface area contributed by atoms with E-state index >= 15 is 0 Å². The largest absolute Gasteiger partial charge is 0.465 e. The summed E-state index contributed by atoms with van der Waals surface area (Å²) in [7, 11) is 1.32.